The highest BCUT2D eigenvalue weighted by Crippen LogP contribution is 2.39. The van der Waals surface area contributed by atoms with Gasteiger partial charge in [-0.25, -0.2) is 4.79 Å². The molecule has 0 fully saturated rings. The fraction of sp³-hybridized carbons (Fsp3) is 0.455. The molecule has 1 aromatic carbocycles. The smallest absolute Gasteiger partial charge is 0.341 e. The van der Waals surface area contributed by atoms with E-state index >= 15 is 0 Å². The molecule has 150 valence electrons. The van der Waals surface area contributed by atoms with Gasteiger partial charge in [0.05, 0.1) is 19.3 Å². The van der Waals surface area contributed by atoms with Crippen molar-refractivity contribution in [1.82, 2.24) is 0 Å². The van der Waals surface area contributed by atoms with Crippen LogP contribution < -0.4 is 10.1 Å². The second-order valence-electron chi connectivity index (χ2n) is 6.94. The second kappa shape index (κ2) is 9.73. The summed E-state index contributed by atoms with van der Waals surface area (Å²) >= 11 is 1.48. The van der Waals surface area contributed by atoms with Crippen LogP contribution in [0.5, 0.6) is 5.75 Å². The van der Waals surface area contributed by atoms with Gasteiger partial charge in [0.25, 0.3) is 5.91 Å². The van der Waals surface area contributed by atoms with Crippen LogP contribution in [0.2, 0.25) is 0 Å². The molecule has 0 radical (unpaired) electrons. The fourth-order valence-electron chi connectivity index (χ4n) is 3.41. The minimum absolute atomic E-state index is 0.237. The van der Waals surface area contributed by atoms with Crippen LogP contribution in [0.15, 0.2) is 24.3 Å². The van der Waals surface area contributed by atoms with Crippen LogP contribution in [0.3, 0.4) is 0 Å². The van der Waals surface area contributed by atoms with E-state index in [1.165, 1.54) is 42.6 Å². The summed E-state index contributed by atoms with van der Waals surface area (Å²) in [6, 6.07) is 7.11. The van der Waals surface area contributed by atoms with E-state index in [-0.39, 0.29) is 11.9 Å². The maximum atomic E-state index is 12.7. The van der Waals surface area contributed by atoms with Crippen LogP contribution in [0.4, 0.5) is 5.00 Å². The molecule has 2 aromatic rings. The monoisotopic (exact) mass is 401 g/mol. The number of rotatable bonds is 9. The number of fused-ring (bicyclic) bond motifs is 1. The summed E-state index contributed by atoms with van der Waals surface area (Å²) in [5.41, 5.74) is 2.07. The number of methoxy groups -OCH3 is 1. The summed E-state index contributed by atoms with van der Waals surface area (Å²) in [5.74, 6) is 0.138. The normalized spacial score (nSPS) is 12.5. The molecule has 0 aliphatic heterocycles. The molecule has 0 saturated carbocycles. The van der Waals surface area contributed by atoms with E-state index in [1.807, 2.05) is 12.1 Å². The average molecular weight is 402 g/mol. The Bertz CT molecular complexity index is 826. The number of benzene rings is 1. The molecule has 0 saturated heterocycles. The first-order chi connectivity index (χ1) is 13.6. The minimum Gasteiger partial charge on any atom is -0.494 e. The van der Waals surface area contributed by atoms with Crippen LogP contribution >= 0.6 is 11.3 Å². The zero-order valence-corrected chi connectivity index (χ0v) is 17.3. The van der Waals surface area contributed by atoms with Gasteiger partial charge < -0.3 is 14.8 Å². The van der Waals surface area contributed by atoms with Gasteiger partial charge in [0.2, 0.25) is 0 Å². The molecular formula is C22H27NO4S. The van der Waals surface area contributed by atoms with Crippen molar-refractivity contribution in [2.45, 2.75) is 51.9 Å². The molecule has 1 N–H and O–H groups in total. The summed E-state index contributed by atoms with van der Waals surface area (Å²) in [4.78, 5) is 26.0. The van der Waals surface area contributed by atoms with Gasteiger partial charge in [-0.2, -0.15) is 0 Å². The molecule has 0 unspecified atom stereocenters. The molecule has 3 rings (SSSR count). The zero-order valence-electron chi connectivity index (χ0n) is 16.5. The van der Waals surface area contributed by atoms with E-state index in [4.69, 9.17) is 9.47 Å². The number of hydrogen-bond donors (Lipinski definition) is 1. The third-order valence-corrected chi connectivity index (χ3v) is 6.13. The number of esters is 1. The molecule has 0 atom stereocenters. The van der Waals surface area contributed by atoms with Gasteiger partial charge in [-0.1, -0.05) is 26.2 Å². The number of carbonyl (C=O) groups excluding carboxylic acids is 2. The lowest BCUT2D eigenvalue weighted by Gasteiger charge is -2.09. The molecule has 1 aliphatic rings. The zero-order chi connectivity index (χ0) is 19.9. The van der Waals surface area contributed by atoms with Gasteiger partial charge >= 0.3 is 5.97 Å². The van der Waals surface area contributed by atoms with Crippen LogP contribution in [0.25, 0.3) is 0 Å². The van der Waals surface area contributed by atoms with E-state index in [0.717, 1.165) is 37.0 Å². The summed E-state index contributed by atoms with van der Waals surface area (Å²) < 4.78 is 10.6. The standard InChI is InChI=1S/C22H27NO4S/c1-3-4-5-6-14-27-16-12-10-15(11-13-16)20(24)23-21-19(22(25)26-2)17-8-7-9-18(17)28-21/h10-13H,3-9,14H2,1-2H3,(H,23,24). The molecule has 5 nitrogen and oxygen atoms in total. The Morgan fingerprint density at radius 3 is 2.61 bits per heavy atom. The SMILES string of the molecule is CCCCCCOc1ccc(C(=O)Nc2sc3c(c2C(=O)OC)CCC3)cc1. The molecule has 1 amide bonds. The second-order valence-corrected chi connectivity index (χ2v) is 8.05. The van der Waals surface area contributed by atoms with Crippen molar-refractivity contribution >= 4 is 28.2 Å². The van der Waals surface area contributed by atoms with Crippen molar-refractivity contribution < 1.29 is 19.1 Å². The summed E-state index contributed by atoms with van der Waals surface area (Å²) in [7, 11) is 1.37. The van der Waals surface area contributed by atoms with Crippen molar-refractivity contribution in [1.29, 1.82) is 0 Å². The minimum atomic E-state index is -0.387. The van der Waals surface area contributed by atoms with Crippen molar-refractivity contribution in [3.63, 3.8) is 0 Å². The van der Waals surface area contributed by atoms with Crippen molar-refractivity contribution in [2.75, 3.05) is 19.0 Å². The van der Waals surface area contributed by atoms with E-state index in [0.29, 0.717) is 22.7 Å². The Labute approximate surface area is 170 Å². The number of aryl methyl sites for hydroxylation is 1. The number of amides is 1. The molecule has 28 heavy (non-hydrogen) atoms. The quantitative estimate of drug-likeness (QED) is 0.461. The molecule has 1 aromatic heterocycles. The molecule has 6 heteroatoms. The number of hydrogen-bond acceptors (Lipinski definition) is 5. The molecular weight excluding hydrogens is 374 g/mol. The number of thiophene rings is 1. The average Bonchev–Trinajstić information content (AvgIpc) is 3.28. The Morgan fingerprint density at radius 1 is 1.11 bits per heavy atom. The first-order valence-corrected chi connectivity index (χ1v) is 10.7. The van der Waals surface area contributed by atoms with Gasteiger partial charge in [0.1, 0.15) is 10.8 Å². The van der Waals surface area contributed by atoms with E-state index in [1.54, 1.807) is 12.1 Å². The van der Waals surface area contributed by atoms with E-state index < -0.39 is 0 Å². The van der Waals surface area contributed by atoms with Gasteiger partial charge in [-0.15, -0.1) is 11.3 Å². The van der Waals surface area contributed by atoms with Crippen molar-refractivity contribution in [3.05, 3.63) is 45.8 Å². The molecule has 1 heterocycles. The van der Waals surface area contributed by atoms with Crippen molar-refractivity contribution in [3.8, 4) is 5.75 Å². The molecule has 0 spiro atoms. The number of unbranched alkanes of at least 4 members (excludes halogenated alkanes) is 3. The maximum absolute atomic E-state index is 12.7. The van der Waals surface area contributed by atoms with E-state index in [2.05, 4.69) is 12.2 Å². The van der Waals surface area contributed by atoms with E-state index in [9.17, 15) is 9.59 Å². The van der Waals surface area contributed by atoms with Crippen molar-refractivity contribution in [2.24, 2.45) is 0 Å². The number of carbonyl (C=O) groups is 2. The third kappa shape index (κ3) is 4.73. The van der Waals surface area contributed by atoms with Crippen LogP contribution in [0, 0.1) is 0 Å². The summed E-state index contributed by atoms with van der Waals surface area (Å²) in [5, 5.41) is 3.48. The predicted molar refractivity (Wildman–Crippen MR) is 112 cm³/mol. The third-order valence-electron chi connectivity index (χ3n) is 4.92. The first kappa shape index (κ1) is 20.4. The Balaban J connectivity index is 1.63. The molecule has 0 bridgehead atoms. The highest BCUT2D eigenvalue weighted by atomic mass is 32.1. The lowest BCUT2D eigenvalue weighted by molar-refractivity contribution is 0.0601. The Kier molecular flexibility index (Phi) is 7.09. The van der Waals surface area contributed by atoms with Gasteiger partial charge in [-0.05, 0) is 55.5 Å². The number of anilines is 1. The van der Waals surface area contributed by atoms with Gasteiger partial charge in [0.15, 0.2) is 0 Å². The van der Waals surface area contributed by atoms with Crippen LogP contribution in [0.1, 0.15) is 70.2 Å². The predicted octanol–water partition coefficient (Wildman–Crippen LogP) is 5.23. The number of nitrogens with one attached hydrogen (secondary N) is 1. The highest BCUT2D eigenvalue weighted by Gasteiger charge is 2.28. The Morgan fingerprint density at radius 2 is 1.89 bits per heavy atom. The summed E-state index contributed by atoms with van der Waals surface area (Å²) in [6.07, 6.45) is 7.48. The largest absolute Gasteiger partial charge is 0.494 e. The lowest BCUT2D eigenvalue weighted by atomic mass is 10.1. The maximum Gasteiger partial charge on any atom is 0.341 e. The first-order valence-electron chi connectivity index (χ1n) is 9.91. The Hall–Kier alpha value is -2.34. The van der Waals surface area contributed by atoms with Crippen LogP contribution in [-0.4, -0.2) is 25.6 Å². The topological polar surface area (TPSA) is 64.6 Å². The summed E-state index contributed by atoms with van der Waals surface area (Å²) in [6.45, 7) is 2.87. The van der Waals surface area contributed by atoms with Crippen LogP contribution in [-0.2, 0) is 17.6 Å². The molecule has 1 aliphatic carbocycles. The van der Waals surface area contributed by atoms with Gasteiger partial charge in [0, 0.05) is 10.4 Å². The lowest BCUT2D eigenvalue weighted by Crippen LogP contribution is -2.14. The van der Waals surface area contributed by atoms with Gasteiger partial charge in [-0.3, -0.25) is 4.79 Å². The fourth-order valence-corrected chi connectivity index (χ4v) is 4.68. The number of ether oxygens (including phenoxy) is 2. The highest BCUT2D eigenvalue weighted by molar-refractivity contribution is 7.17.